The largest absolute Gasteiger partial charge is 0.432 e. The van der Waals surface area contributed by atoms with Crippen molar-refractivity contribution in [1.82, 2.24) is 4.90 Å². The van der Waals surface area contributed by atoms with E-state index in [0.29, 0.717) is 5.70 Å². The van der Waals surface area contributed by atoms with E-state index in [-0.39, 0.29) is 5.91 Å². The fraction of sp³-hybridized carbons (Fsp3) is 0.286. The molecular formula is C14H17NO3. The molecule has 4 heteroatoms. The van der Waals surface area contributed by atoms with Gasteiger partial charge in [-0.15, -0.1) is 0 Å². The van der Waals surface area contributed by atoms with Crippen molar-refractivity contribution in [2.24, 2.45) is 0 Å². The fourth-order valence-electron chi connectivity index (χ4n) is 1.37. The van der Waals surface area contributed by atoms with Gasteiger partial charge in [0.1, 0.15) is 6.26 Å². The van der Waals surface area contributed by atoms with Crippen LogP contribution in [0.1, 0.15) is 25.0 Å². The van der Waals surface area contributed by atoms with Crippen LogP contribution in [0.2, 0.25) is 0 Å². The average molecular weight is 247 g/mol. The molecule has 4 nitrogen and oxygen atoms in total. The number of rotatable bonds is 3. The van der Waals surface area contributed by atoms with Crippen molar-refractivity contribution in [1.29, 1.82) is 0 Å². The summed E-state index contributed by atoms with van der Waals surface area (Å²) < 4.78 is 4.87. The third-order valence-corrected chi connectivity index (χ3v) is 2.52. The maximum absolute atomic E-state index is 11.4. The van der Waals surface area contributed by atoms with E-state index in [9.17, 15) is 9.59 Å². The summed E-state index contributed by atoms with van der Waals surface area (Å²) >= 11 is 0. The van der Waals surface area contributed by atoms with Crippen LogP contribution in [0.4, 0.5) is 0 Å². The minimum Gasteiger partial charge on any atom is -0.432 e. The second-order valence-electron chi connectivity index (χ2n) is 4.06. The van der Waals surface area contributed by atoms with Gasteiger partial charge >= 0.3 is 5.97 Å². The maximum atomic E-state index is 11.4. The van der Waals surface area contributed by atoms with E-state index in [1.54, 1.807) is 7.05 Å². The highest BCUT2D eigenvalue weighted by molar-refractivity contribution is 5.85. The second-order valence-corrected chi connectivity index (χ2v) is 4.06. The lowest BCUT2D eigenvalue weighted by atomic mass is 10.1. The number of carbonyl (C=O) groups excluding carboxylic acids is 2. The highest BCUT2D eigenvalue weighted by atomic mass is 16.5. The standard InChI is InChI=1S/C14H17NO3/c1-10-5-7-13(8-6-10)14(9-18-12(3)17)15(4)11(2)16/h5-9H,1-4H3/b14-9-. The van der Waals surface area contributed by atoms with Crippen molar-refractivity contribution in [2.75, 3.05) is 7.05 Å². The Kier molecular flexibility index (Phi) is 4.66. The van der Waals surface area contributed by atoms with Crippen LogP contribution in [0, 0.1) is 6.92 Å². The van der Waals surface area contributed by atoms with Crippen LogP contribution >= 0.6 is 0 Å². The molecule has 0 radical (unpaired) electrons. The Morgan fingerprint density at radius 3 is 2.17 bits per heavy atom. The van der Waals surface area contributed by atoms with Crippen LogP contribution in [0.25, 0.3) is 5.70 Å². The van der Waals surface area contributed by atoms with Gasteiger partial charge in [0.2, 0.25) is 5.91 Å². The highest BCUT2D eigenvalue weighted by Gasteiger charge is 2.12. The first-order valence-corrected chi connectivity index (χ1v) is 5.60. The van der Waals surface area contributed by atoms with Crippen molar-refractivity contribution in [3.8, 4) is 0 Å². The molecule has 0 bridgehead atoms. The predicted molar refractivity (Wildman–Crippen MR) is 69.4 cm³/mol. The zero-order valence-corrected chi connectivity index (χ0v) is 11.1. The third kappa shape index (κ3) is 3.73. The Balaban J connectivity index is 3.11. The van der Waals surface area contributed by atoms with E-state index >= 15 is 0 Å². The van der Waals surface area contributed by atoms with Gasteiger partial charge in [-0.2, -0.15) is 0 Å². The Hall–Kier alpha value is -2.10. The number of ether oxygens (including phenoxy) is 1. The monoisotopic (exact) mass is 247 g/mol. The van der Waals surface area contributed by atoms with E-state index in [0.717, 1.165) is 11.1 Å². The normalized spacial score (nSPS) is 11.0. The van der Waals surface area contributed by atoms with Gasteiger partial charge in [-0.05, 0) is 6.92 Å². The maximum Gasteiger partial charge on any atom is 0.307 e. The Bertz CT molecular complexity index is 474. The first-order valence-electron chi connectivity index (χ1n) is 5.60. The topological polar surface area (TPSA) is 46.6 Å². The van der Waals surface area contributed by atoms with E-state index < -0.39 is 5.97 Å². The highest BCUT2D eigenvalue weighted by Crippen LogP contribution is 2.19. The first-order chi connectivity index (χ1) is 8.41. The Morgan fingerprint density at radius 2 is 1.72 bits per heavy atom. The summed E-state index contributed by atoms with van der Waals surface area (Å²) in [6, 6.07) is 7.63. The number of benzene rings is 1. The van der Waals surface area contributed by atoms with Gasteiger partial charge in [-0.1, -0.05) is 29.8 Å². The molecule has 1 aromatic carbocycles. The molecule has 18 heavy (non-hydrogen) atoms. The molecule has 0 fully saturated rings. The summed E-state index contributed by atoms with van der Waals surface area (Å²) in [5, 5.41) is 0. The number of hydrogen-bond acceptors (Lipinski definition) is 3. The zero-order valence-electron chi connectivity index (χ0n) is 11.1. The van der Waals surface area contributed by atoms with Crippen molar-refractivity contribution < 1.29 is 14.3 Å². The number of amides is 1. The molecule has 0 unspecified atom stereocenters. The minimum absolute atomic E-state index is 0.131. The lowest BCUT2D eigenvalue weighted by molar-refractivity contribution is -0.135. The number of esters is 1. The van der Waals surface area contributed by atoms with Gasteiger partial charge in [0.25, 0.3) is 0 Å². The molecule has 0 aromatic heterocycles. The molecule has 1 rings (SSSR count). The molecule has 0 saturated heterocycles. The number of hydrogen-bond donors (Lipinski definition) is 0. The summed E-state index contributed by atoms with van der Waals surface area (Å²) in [7, 11) is 1.64. The van der Waals surface area contributed by atoms with Crippen LogP contribution < -0.4 is 0 Å². The molecule has 0 aliphatic rings. The van der Waals surface area contributed by atoms with E-state index in [1.807, 2.05) is 31.2 Å². The van der Waals surface area contributed by atoms with Crippen molar-refractivity contribution >= 4 is 17.6 Å². The van der Waals surface area contributed by atoms with Crippen molar-refractivity contribution in [2.45, 2.75) is 20.8 Å². The lowest BCUT2D eigenvalue weighted by Gasteiger charge is -2.19. The summed E-state index contributed by atoms with van der Waals surface area (Å²) in [6.07, 6.45) is 1.30. The SMILES string of the molecule is CC(=O)O/C=C(/c1ccc(C)cc1)N(C)C(C)=O. The Morgan fingerprint density at radius 1 is 1.17 bits per heavy atom. The first kappa shape index (κ1) is 14.0. The summed E-state index contributed by atoms with van der Waals surface area (Å²) in [6.45, 7) is 4.75. The Labute approximate surface area is 107 Å². The number of nitrogens with zero attached hydrogens (tertiary/aromatic N) is 1. The van der Waals surface area contributed by atoms with E-state index in [2.05, 4.69) is 0 Å². The minimum atomic E-state index is -0.420. The van der Waals surface area contributed by atoms with Crippen LogP contribution in [-0.2, 0) is 14.3 Å². The second kappa shape index (κ2) is 6.00. The van der Waals surface area contributed by atoms with Gasteiger partial charge in [-0.3, -0.25) is 9.59 Å². The molecule has 0 aliphatic carbocycles. The molecule has 96 valence electrons. The lowest BCUT2D eigenvalue weighted by Crippen LogP contribution is -2.22. The predicted octanol–water partition coefficient (Wildman–Crippen LogP) is 2.33. The van der Waals surface area contributed by atoms with E-state index in [1.165, 1.54) is 25.0 Å². The summed E-state index contributed by atoms with van der Waals surface area (Å²) in [4.78, 5) is 23.7. The van der Waals surface area contributed by atoms with Crippen LogP contribution in [-0.4, -0.2) is 23.8 Å². The summed E-state index contributed by atoms with van der Waals surface area (Å²) in [5.74, 6) is -0.550. The third-order valence-electron chi connectivity index (χ3n) is 2.52. The molecule has 0 aliphatic heterocycles. The van der Waals surface area contributed by atoms with Gasteiger partial charge in [0.15, 0.2) is 0 Å². The molecule has 0 N–H and O–H groups in total. The van der Waals surface area contributed by atoms with Gasteiger partial charge in [-0.25, -0.2) is 0 Å². The zero-order chi connectivity index (χ0) is 13.7. The number of carbonyl (C=O) groups is 2. The van der Waals surface area contributed by atoms with Crippen LogP contribution in [0.5, 0.6) is 0 Å². The van der Waals surface area contributed by atoms with Gasteiger partial charge < -0.3 is 9.64 Å². The molecular weight excluding hydrogens is 230 g/mol. The smallest absolute Gasteiger partial charge is 0.307 e. The van der Waals surface area contributed by atoms with Crippen LogP contribution in [0.15, 0.2) is 30.5 Å². The average Bonchev–Trinajstić information content (AvgIpc) is 2.30. The molecule has 0 heterocycles. The van der Waals surface area contributed by atoms with Crippen molar-refractivity contribution in [3.05, 3.63) is 41.7 Å². The molecule has 0 spiro atoms. The molecule has 1 amide bonds. The summed E-state index contributed by atoms with van der Waals surface area (Å²) in [5.41, 5.74) is 2.49. The van der Waals surface area contributed by atoms with Gasteiger partial charge in [0.05, 0.1) is 5.70 Å². The molecule has 0 saturated carbocycles. The van der Waals surface area contributed by atoms with Gasteiger partial charge in [0, 0.05) is 26.5 Å². The quantitative estimate of drug-likeness (QED) is 0.608. The van der Waals surface area contributed by atoms with E-state index in [4.69, 9.17) is 4.74 Å². The fourth-order valence-corrected chi connectivity index (χ4v) is 1.37. The molecule has 0 atom stereocenters. The van der Waals surface area contributed by atoms with Crippen LogP contribution in [0.3, 0.4) is 0 Å². The molecule has 1 aromatic rings. The number of aryl methyl sites for hydroxylation is 1. The van der Waals surface area contributed by atoms with Crippen molar-refractivity contribution in [3.63, 3.8) is 0 Å².